The molecule has 128 valence electrons. The van der Waals surface area contributed by atoms with Crippen LogP contribution in [0.5, 0.6) is 0 Å². The summed E-state index contributed by atoms with van der Waals surface area (Å²) in [5, 5.41) is 9.73. The Balaban J connectivity index is 1.72. The number of aromatic nitrogens is 1. The SMILES string of the molecule is Cc1ccc(N2CCCN(C(=O)c3cccc(Cl)c3)CC2)nc1C#N. The molecule has 25 heavy (non-hydrogen) atoms. The van der Waals surface area contributed by atoms with Crippen molar-refractivity contribution in [2.75, 3.05) is 31.1 Å². The minimum Gasteiger partial charge on any atom is -0.355 e. The monoisotopic (exact) mass is 354 g/mol. The van der Waals surface area contributed by atoms with Crippen LogP contribution in [0.4, 0.5) is 5.82 Å². The molecule has 0 bridgehead atoms. The van der Waals surface area contributed by atoms with E-state index in [9.17, 15) is 4.79 Å². The first-order valence-electron chi connectivity index (χ1n) is 8.26. The molecule has 1 aliphatic rings. The van der Waals surface area contributed by atoms with Gasteiger partial charge < -0.3 is 9.80 Å². The topological polar surface area (TPSA) is 60.2 Å². The number of anilines is 1. The number of rotatable bonds is 2. The van der Waals surface area contributed by atoms with Gasteiger partial charge in [-0.25, -0.2) is 4.98 Å². The molecule has 0 saturated carbocycles. The van der Waals surface area contributed by atoms with Gasteiger partial charge in [0.15, 0.2) is 0 Å². The number of carbonyl (C=O) groups excluding carboxylic acids is 1. The Morgan fingerprint density at radius 3 is 2.80 bits per heavy atom. The van der Waals surface area contributed by atoms with E-state index in [0.717, 1.165) is 24.3 Å². The zero-order chi connectivity index (χ0) is 17.8. The van der Waals surface area contributed by atoms with E-state index in [1.54, 1.807) is 24.3 Å². The number of hydrogen-bond acceptors (Lipinski definition) is 4. The fraction of sp³-hybridized carbons (Fsp3) is 0.316. The first-order valence-corrected chi connectivity index (χ1v) is 8.64. The Morgan fingerprint density at radius 2 is 2.04 bits per heavy atom. The molecular formula is C19H19ClN4O. The van der Waals surface area contributed by atoms with Crippen molar-refractivity contribution in [3.05, 3.63) is 58.2 Å². The van der Waals surface area contributed by atoms with Gasteiger partial charge in [0.1, 0.15) is 17.6 Å². The maximum atomic E-state index is 12.7. The number of aryl methyl sites for hydroxylation is 1. The molecule has 1 fully saturated rings. The lowest BCUT2D eigenvalue weighted by Gasteiger charge is -2.23. The maximum absolute atomic E-state index is 12.7. The van der Waals surface area contributed by atoms with Crippen LogP contribution in [0, 0.1) is 18.3 Å². The average molecular weight is 355 g/mol. The molecule has 1 saturated heterocycles. The molecule has 1 amide bonds. The Kier molecular flexibility index (Phi) is 5.20. The van der Waals surface area contributed by atoms with Crippen LogP contribution in [0.2, 0.25) is 5.02 Å². The van der Waals surface area contributed by atoms with Crippen LogP contribution in [-0.2, 0) is 0 Å². The third-order valence-electron chi connectivity index (χ3n) is 4.37. The molecule has 1 aromatic carbocycles. The van der Waals surface area contributed by atoms with Crippen molar-refractivity contribution in [3.8, 4) is 6.07 Å². The normalized spacial score (nSPS) is 14.8. The molecule has 2 aromatic rings. The minimum atomic E-state index is -0.000991. The number of pyridine rings is 1. The highest BCUT2D eigenvalue weighted by Crippen LogP contribution is 2.18. The highest BCUT2D eigenvalue weighted by molar-refractivity contribution is 6.30. The van der Waals surface area contributed by atoms with Gasteiger partial charge in [-0.05, 0) is 43.2 Å². The van der Waals surface area contributed by atoms with Gasteiger partial charge in [-0.3, -0.25) is 4.79 Å². The molecular weight excluding hydrogens is 336 g/mol. The van der Waals surface area contributed by atoms with Crippen molar-refractivity contribution in [2.45, 2.75) is 13.3 Å². The second-order valence-corrected chi connectivity index (χ2v) is 6.53. The Morgan fingerprint density at radius 1 is 1.20 bits per heavy atom. The number of carbonyl (C=O) groups is 1. The summed E-state index contributed by atoms with van der Waals surface area (Å²) in [5.41, 5.74) is 1.94. The molecule has 0 radical (unpaired) electrons. The number of amides is 1. The highest BCUT2D eigenvalue weighted by atomic mass is 35.5. The molecule has 2 heterocycles. The summed E-state index contributed by atoms with van der Waals surface area (Å²) >= 11 is 5.99. The van der Waals surface area contributed by atoms with Gasteiger partial charge in [0.2, 0.25) is 0 Å². The lowest BCUT2D eigenvalue weighted by atomic mass is 10.2. The average Bonchev–Trinajstić information content (AvgIpc) is 2.88. The Labute approximate surface area is 152 Å². The van der Waals surface area contributed by atoms with E-state index < -0.39 is 0 Å². The molecule has 3 rings (SSSR count). The number of nitriles is 1. The number of hydrogen-bond donors (Lipinski definition) is 0. The lowest BCUT2D eigenvalue weighted by molar-refractivity contribution is 0.0767. The first kappa shape index (κ1) is 17.2. The van der Waals surface area contributed by atoms with Crippen molar-refractivity contribution in [1.82, 2.24) is 9.88 Å². The second kappa shape index (κ2) is 7.54. The summed E-state index contributed by atoms with van der Waals surface area (Å²) in [5.74, 6) is 0.790. The summed E-state index contributed by atoms with van der Waals surface area (Å²) < 4.78 is 0. The van der Waals surface area contributed by atoms with Crippen molar-refractivity contribution in [2.24, 2.45) is 0 Å². The third kappa shape index (κ3) is 3.92. The summed E-state index contributed by atoms with van der Waals surface area (Å²) in [6.45, 7) is 4.68. The van der Waals surface area contributed by atoms with Gasteiger partial charge in [0.05, 0.1) is 0 Å². The molecule has 0 atom stereocenters. The van der Waals surface area contributed by atoms with E-state index in [4.69, 9.17) is 16.9 Å². The van der Waals surface area contributed by atoms with E-state index >= 15 is 0 Å². The largest absolute Gasteiger partial charge is 0.355 e. The van der Waals surface area contributed by atoms with Gasteiger partial charge in [-0.1, -0.05) is 23.7 Å². The van der Waals surface area contributed by atoms with Crippen LogP contribution in [0.15, 0.2) is 36.4 Å². The smallest absolute Gasteiger partial charge is 0.253 e. The Hall–Kier alpha value is -2.58. The predicted octanol–water partition coefficient (Wildman–Crippen LogP) is 3.27. The zero-order valence-electron chi connectivity index (χ0n) is 14.1. The summed E-state index contributed by atoms with van der Waals surface area (Å²) in [6, 6.07) is 13.0. The van der Waals surface area contributed by atoms with Crippen LogP contribution in [-0.4, -0.2) is 42.0 Å². The van der Waals surface area contributed by atoms with E-state index in [2.05, 4.69) is 16.0 Å². The maximum Gasteiger partial charge on any atom is 0.253 e. The van der Waals surface area contributed by atoms with Gasteiger partial charge >= 0.3 is 0 Å². The molecule has 1 aromatic heterocycles. The van der Waals surface area contributed by atoms with E-state index in [1.807, 2.05) is 24.0 Å². The molecule has 0 N–H and O–H groups in total. The molecule has 0 aliphatic carbocycles. The van der Waals surface area contributed by atoms with E-state index in [-0.39, 0.29) is 5.91 Å². The number of nitrogens with zero attached hydrogens (tertiary/aromatic N) is 4. The van der Waals surface area contributed by atoms with Crippen LogP contribution in [0.1, 0.15) is 28.0 Å². The van der Waals surface area contributed by atoms with Crippen molar-refractivity contribution in [1.29, 1.82) is 5.26 Å². The first-order chi connectivity index (χ1) is 12.1. The summed E-state index contributed by atoms with van der Waals surface area (Å²) in [7, 11) is 0. The van der Waals surface area contributed by atoms with Gasteiger partial charge in [0.25, 0.3) is 5.91 Å². The molecule has 5 nitrogen and oxygen atoms in total. The summed E-state index contributed by atoms with van der Waals surface area (Å²) in [4.78, 5) is 21.1. The quantitative estimate of drug-likeness (QED) is 0.830. The standard InChI is InChI=1S/C19H19ClN4O/c1-14-6-7-18(22-17(14)13-21)23-8-3-9-24(11-10-23)19(25)15-4-2-5-16(20)12-15/h2,4-7,12H,3,8-11H2,1H3. The number of halogens is 1. The molecule has 0 unspecified atom stereocenters. The van der Waals surface area contributed by atoms with E-state index in [1.165, 1.54) is 0 Å². The molecule has 1 aliphatic heterocycles. The van der Waals surface area contributed by atoms with Crippen molar-refractivity contribution in [3.63, 3.8) is 0 Å². The van der Waals surface area contributed by atoms with Crippen molar-refractivity contribution >= 4 is 23.3 Å². The lowest BCUT2D eigenvalue weighted by Crippen LogP contribution is -2.35. The van der Waals surface area contributed by atoms with Crippen LogP contribution in [0.3, 0.4) is 0 Å². The molecule has 0 spiro atoms. The fourth-order valence-electron chi connectivity index (χ4n) is 2.96. The minimum absolute atomic E-state index is 0.000991. The predicted molar refractivity (Wildman–Crippen MR) is 97.9 cm³/mol. The zero-order valence-corrected chi connectivity index (χ0v) is 14.8. The number of benzene rings is 1. The van der Waals surface area contributed by atoms with Gasteiger partial charge in [-0.2, -0.15) is 5.26 Å². The summed E-state index contributed by atoms with van der Waals surface area (Å²) in [6.07, 6.45) is 0.851. The molecule has 6 heteroatoms. The van der Waals surface area contributed by atoms with Crippen LogP contribution < -0.4 is 4.90 Å². The van der Waals surface area contributed by atoms with Gasteiger partial charge in [-0.15, -0.1) is 0 Å². The Bertz CT molecular complexity index is 830. The fourth-order valence-corrected chi connectivity index (χ4v) is 3.15. The third-order valence-corrected chi connectivity index (χ3v) is 4.60. The van der Waals surface area contributed by atoms with Gasteiger partial charge in [0, 0.05) is 36.8 Å². The highest BCUT2D eigenvalue weighted by Gasteiger charge is 2.21. The van der Waals surface area contributed by atoms with Crippen LogP contribution >= 0.6 is 11.6 Å². The van der Waals surface area contributed by atoms with Crippen molar-refractivity contribution < 1.29 is 4.79 Å². The van der Waals surface area contributed by atoms with E-state index in [0.29, 0.717) is 35.9 Å². The second-order valence-electron chi connectivity index (χ2n) is 6.09. The van der Waals surface area contributed by atoms with Crippen LogP contribution in [0.25, 0.3) is 0 Å².